The molecule has 0 heterocycles. The standard InChI is InChI=1S/C9H13NO4S/c1-14-9-5-3-2-4-7(9)8(11)6-15(10,12)13/h2-5,8,11H,6H2,1H3,(H2,10,12,13). The van der Waals surface area contributed by atoms with Crippen LogP contribution in [0.15, 0.2) is 24.3 Å². The second kappa shape index (κ2) is 4.61. The van der Waals surface area contributed by atoms with Crippen LogP contribution in [0.2, 0.25) is 0 Å². The molecule has 84 valence electrons. The molecule has 0 amide bonds. The predicted molar refractivity (Wildman–Crippen MR) is 55.9 cm³/mol. The van der Waals surface area contributed by atoms with Crippen molar-refractivity contribution in [3.05, 3.63) is 29.8 Å². The zero-order valence-corrected chi connectivity index (χ0v) is 9.07. The molecule has 15 heavy (non-hydrogen) atoms. The number of benzene rings is 1. The molecule has 0 saturated carbocycles. The van der Waals surface area contributed by atoms with Crippen LogP contribution < -0.4 is 9.88 Å². The summed E-state index contributed by atoms with van der Waals surface area (Å²) in [5, 5.41) is 14.5. The van der Waals surface area contributed by atoms with Gasteiger partial charge in [-0.25, -0.2) is 13.6 Å². The van der Waals surface area contributed by atoms with Crippen LogP contribution >= 0.6 is 0 Å². The van der Waals surface area contributed by atoms with Gasteiger partial charge in [-0.1, -0.05) is 18.2 Å². The fourth-order valence-corrected chi connectivity index (χ4v) is 1.87. The summed E-state index contributed by atoms with van der Waals surface area (Å²) in [5.41, 5.74) is 0.411. The lowest BCUT2D eigenvalue weighted by atomic mass is 10.1. The second-order valence-corrected chi connectivity index (χ2v) is 4.75. The third-order valence-electron chi connectivity index (χ3n) is 1.89. The van der Waals surface area contributed by atoms with E-state index in [0.29, 0.717) is 11.3 Å². The van der Waals surface area contributed by atoms with Gasteiger partial charge in [0.15, 0.2) is 0 Å². The molecule has 0 spiro atoms. The number of hydrogen-bond acceptors (Lipinski definition) is 4. The summed E-state index contributed by atoms with van der Waals surface area (Å²) < 4.78 is 26.6. The van der Waals surface area contributed by atoms with Gasteiger partial charge in [-0.3, -0.25) is 0 Å². The maximum absolute atomic E-state index is 10.8. The highest BCUT2D eigenvalue weighted by molar-refractivity contribution is 7.89. The van der Waals surface area contributed by atoms with Gasteiger partial charge in [-0.2, -0.15) is 0 Å². The summed E-state index contributed by atoms with van der Waals surface area (Å²) in [7, 11) is -2.26. The van der Waals surface area contributed by atoms with E-state index >= 15 is 0 Å². The number of ether oxygens (including phenoxy) is 1. The molecule has 1 aromatic carbocycles. The summed E-state index contributed by atoms with van der Waals surface area (Å²) in [6.45, 7) is 0. The van der Waals surface area contributed by atoms with E-state index in [2.05, 4.69) is 0 Å². The lowest BCUT2D eigenvalue weighted by Crippen LogP contribution is -2.22. The van der Waals surface area contributed by atoms with Gasteiger partial charge in [0.05, 0.1) is 19.0 Å². The Morgan fingerprint density at radius 3 is 2.60 bits per heavy atom. The minimum absolute atomic E-state index is 0.411. The van der Waals surface area contributed by atoms with Crippen molar-refractivity contribution < 1.29 is 18.3 Å². The largest absolute Gasteiger partial charge is 0.496 e. The molecule has 0 bridgehead atoms. The number of nitrogens with two attached hydrogens (primary N) is 1. The molecule has 1 aromatic rings. The fourth-order valence-electron chi connectivity index (χ4n) is 1.25. The topological polar surface area (TPSA) is 89.6 Å². The van der Waals surface area contributed by atoms with E-state index in [1.165, 1.54) is 7.11 Å². The third-order valence-corrected chi connectivity index (χ3v) is 2.67. The fraction of sp³-hybridized carbons (Fsp3) is 0.333. The first kappa shape index (κ1) is 12.0. The third kappa shape index (κ3) is 3.50. The molecule has 0 aliphatic rings. The summed E-state index contributed by atoms with van der Waals surface area (Å²) in [5.74, 6) is -0.0819. The molecule has 1 rings (SSSR count). The molecular formula is C9H13NO4S. The average molecular weight is 231 g/mol. The van der Waals surface area contributed by atoms with Crippen LogP contribution in [-0.2, 0) is 10.0 Å². The normalized spacial score (nSPS) is 13.5. The molecule has 0 aliphatic carbocycles. The van der Waals surface area contributed by atoms with E-state index < -0.39 is 21.9 Å². The van der Waals surface area contributed by atoms with Crippen LogP contribution in [0.25, 0.3) is 0 Å². The van der Waals surface area contributed by atoms with E-state index in [4.69, 9.17) is 9.88 Å². The number of primary sulfonamides is 1. The van der Waals surface area contributed by atoms with Gasteiger partial charge in [0, 0.05) is 5.56 Å². The van der Waals surface area contributed by atoms with Crippen molar-refractivity contribution >= 4 is 10.0 Å². The Hall–Kier alpha value is -1.11. The summed E-state index contributed by atoms with van der Waals surface area (Å²) in [4.78, 5) is 0. The number of rotatable bonds is 4. The molecule has 0 saturated heterocycles. The van der Waals surface area contributed by atoms with E-state index in [1.54, 1.807) is 24.3 Å². The monoisotopic (exact) mass is 231 g/mol. The van der Waals surface area contributed by atoms with Crippen LogP contribution in [0.1, 0.15) is 11.7 Å². The van der Waals surface area contributed by atoms with E-state index in [9.17, 15) is 13.5 Å². The van der Waals surface area contributed by atoms with Crippen molar-refractivity contribution in [2.24, 2.45) is 5.14 Å². The Morgan fingerprint density at radius 1 is 1.47 bits per heavy atom. The van der Waals surface area contributed by atoms with Gasteiger partial charge in [0.2, 0.25) is 10.0 Å². The smallest absolute Gasteiger partial charge is 0.211 e. The first-order valence-corrected chi connectivity index (χ1v) is 5.97. The van der Waals surface area contributed by atoms with Crippen molar-refractivity contribution in [1.82, 2.24) is 0 Å². The van der Waals surface area contributed by atoms with Crippen LogP contribution in [-0.4, -0.2) is 26.4 Å². The molecule has 0 aromatic heterocycles. The Kier molecular flexibility index (Phi) is 3.67. The van der Waals surface area contributed by atoms with Crippen molar-refractivity contribution in [2.45, 2.75) is 6.10 Å². The highest BCUT2D eigenvalue weighted by atomic mass is 32.2. The maximum Gasteiger partial charge on any atom is 0.211 e. The highest BCUT2D eigenvalue weighted by Gasteiger charge is 2.17. The van der Waals surface area contributed by atoms with Crippen molar-refractivity contribution in [3.8, 4) is 5.75 Å². The molecule has 0 radical (unpaired) electrons. The molecule has 0 fully saturated rings. The van der Waals surface area contributed by atoms with E-state index in [-0.39, 0.29) is 0 Å². The predicted octanol–water partition coefficient (Wildman–Crippen LogP) is 0.0171. The van der Waals surface area contributed by atoms with Crippen LogP contribution in [0.5, 0.6) is 5.75 Å². The van der Waals surface area contributed by atoms with Crippen molar-refractivity contribution in [3.63, 3.8) is 0 Å². The minimum atomic E-state index is -3.70. The van der Waals surface area contributed by atoms with E-state index in [0.717, 1.165) is 0 Å². The summed E-state index contributed by atoms with van der Waals surface area (Å²) in [6, 6.07) is 6.65. The second-order valence-electron chi connectivity index (χ2n) is 3.09. The zero-order valence-electron chi connectivity index (χ0n) is 8.25. The van der Waals surface area contributed by atoms with Crippen LogP contribution in [0, 0.1) is 0 Å². The lowest BCUT2D eigenvalue weighted by molar-refractivity contribution is 0.196. The van der Waals surface area contributed by atoms with Gasteiger partial charge < -0.3 is 9.84 Å². The summed E-state index contributed by atoms with van der Waals surface area (Å²) >= 11 is 0. The quantitative estimate of drug-likeness (QED) is 0.764. The molecule has 1 atom stereocenters. The summed E-state index contributed by atoms with van der Waals surface area (Å²) in [6.07, 6.45) is -1.17. The molecule has 6 heteroatoms. The van der Waals surface area contributed by atoms with Gasteiger partial charge in [-0.15, -0.1) is 0 Å². The lowest BCUT2D eigenvalue weighted by Gasteiger charge is -2.13. The zero-order chi connectivity index (χ0) is 11.5. The van der Waals surface area contributed by atoms with Gasteiger partial charge in [-0.05, 0) is 6.07 Å². The molecule has 5 nitrogen and oxygen atoms in total. The Bertz CT molecular complexity index is 429. The Labute approximate surface area is 88.5 Å². The van der Waals surface area contributed by atoms with Crippen LogP contribution in [0.3, 0.4) is 0 Å². The number of aliphatic hydroxyl groups is 1. The van der Waals surface area contributed by atoms with E-state index in [1.807, 2.05) is 0 Å². The minimum Gasteiger partial charge on any atom is -0.496 e. The van der Waals surface area contributed by atoms with Gasteiger partial charge >= 0.3 is 0 Å². The number of hydrogen-bond donors (Lipinski definition) is 2. The number of aliphatic hydroxyl groups excluding tert-OH is 1. The highest BCUT2D eigenvalue weighted by Crippen LogP contribution is 2.24. The molecule has 1 unspecified atom stereocenters. The molecule has 3 N–H and O–H groups in total. The SMILES string of the molecule is COc1ccccc1C(O)CS(N)(=O)=O. The Morgan fingerprint density at radius 2 is 2.07 bits per heavy atom. The van der Waals surface area contributed by atoms with Crippen molar-refractivity contribution in [1.29, 1.82) is 0 Å². The van der Waals surface area contributed by atoms with Gasteiger partial charge in [0.1, 0.15) is 5.75 Å². The van der Waals surface area contributed by atoms with Crippen LogP contribution in [0.4, 0.5) is 0 Å². The molecular weight excluding hydrogens is 218 g/mol. The van der Waals surface area contributed by atoms with Gasteiger partial charge in [0.25, 0.3) is 0 Å². The first-order valence-electron chi connectivity index (χ1n) is 4.25. The number of sulfonamides is 1. The Balaban J connectivity index is 2.95. The van der Waals surface area contributed by atoms with Crippen molar-refractivity contribution in [2.75, 3.05) is 12.9 Å². The first-order chi connectivity index (χ1) is 6.94. The number of methoxy groups -OCH3 is 1. The maximum atomic E-state index is 10.8. The number of para-hydroxylation sites is 1. The molecule has 0 aliphatic heterocycles. The average Bonchev–Trinajstić information content (AvgIpc) is 2.15.